The molecule has 0 saturated carbocycles. The third kappa shape index (κ3) is 4.25. The van der Waals surface area contributed by atoms with Gasteiger partial charge in [-0.15, -0.1) is 0 Å². The Balaban J connectivity index is 2.07. The van der Waals surface area contributed by atoms with Crippen LogP contribution in [-0.2, 0) is 6.18 Å². The van der Waals surface area contributed by atoms with Gasteiger partial charge in [0.2, 0.25) is 0 Å². The number of nitrogens with zero attached hydrogens (tertiary/aromatic N) is 3. The fourth-order valence-corrected chi connectivity index (χ4v) is 2.44. The molecule has 2 rings (SSSR count). The van der Waals surface area contributed by atoms with Crippen LogP contribution in [0.15, 0.2) is 18.3 Å². The fourth-order valence-electron chi connectivity index (χ4n) is 2.44. The molecule has 22 heavy (non-hydrogen) atoms. The Hall–Kier alpha value is -1.51. The largest absolute Gasteiger partial charge is 0.416 e. The molecule has 124 valence electrons. The first kappa shape index (κ1) is 16.9. The molecular formula is C13H15F6N3. The van der Waals surface area contributed by atoms with Crippen LogP contribution < -0.4 is 4.90 Å². The zero-order valence-electron chi connectivity index (χ0n) is 11.7. The predicted octanol–water partition coefficient (Wildman–Crippen LogP) is 3.17. The number of alkyl halides is 6. The molecule has 1 fully saturated rings. The third-order valence-corrected chi connectivity index (χ3v) is 3.54. The second-order valence-electron chi connectivity index (χ2n) is 5.28. The quantitative estimate of drug-likeness (QED) is 0.778. The number of anilines is 1. The van der Waals surface area contributed by atoms with E-state index in [0.29, 0.717) is 0 Å². The van der Waals surface area contributed by atoms with Crippen molar-refractivity contribution in [3.63, 3.8) is 0 Å². The van der Waals surface area contributed by atoms with Gasteiger partial charge in [-0.25, -0.2) is 4.98 Å². The third-order valence-electron chi connectivity index (χ3n) is 3.54. The van der Waals surface area contributed by atoms with E-state index in [2.05, 4.69) is 4.98 Å². The highest BCUT2D eigenvalue weighted by Gasteiger charge is 2.36. The number of hydrogen-bond acceptors (Lipinski definition) is 3. The van der Waals surface area contributed by atoms with E-state index in [1.54, 1.807) is 11.8 Å². The van der Waals surface area contributed by atoms with E-state index in [0.717, 1.165) is 18.3 Å². The average molecular weight is 327 g/mol. The first-order valence-electron chi connectivity index (χ1n) is 6.65. The summed E-state index contributed by atoms with van der Waals surface area (Å²) in [5, 5.41) is 0. The van der Waals surface area contributed by atoms with Crippen LogP contribution in [0.5, 0.6) is 0 Å². The Morgan fingerprint density at radius 3 is 2.41 bits per heavy atom. The number of pyridine rings is 1. The van der Waals surface area contributed by atoms with Crippen molar-refractivity contribution in [3.05, 3.63) is 23.9 Å². The van der Waals surface area contributed by atoms with Gasteiger partial charge in [0.1, 0.15) is 5.82 Å². The van der Waals surface area contributed by atoms with Gasteiger partial charge in [0.15, 0.2) is 0 Å². The minimum Gasteiger partial charge on any atom is -0.354 e. The molecule has 0 amide bonds. The van der Waals surface area contributed by atoms with Crippen LogP contribution >= 0.6 is 0 Å². The first-order valence-corrected chi connectivity index (χ1v) is 6.65. The molecule has 1 aromatic rings. The number of rotatable bonds is 2. The van der Waals surface area contributed by atoms with Crippen molar-refractivity contribution >= 4 is 5.82 Å². The molecule has 1 aromatic heterocycles. The van der Waals surface area contributed by atoms with Gasteiger partial charge in [0.05, 0.1) is 12.1 Å². The second kappa shape index (κ2) is 5.94. The van der Waals surface area contributed by atoms with Gasteiger partial charge < -0.3 is 4.90 Å². The Morgan fingerprint density at radius 2 is 1.86 bits per heavy atom. The van der Waals surface area contributed by atoms with E-state index in [9.17, 15) is 26.3 Å². The van der Waals surface area contributed by atoms with Gasteiger partial charge in [-0.05, 0) is 19.1 Å². The predicted molar refractivity (Wildman–Crippen MR) is 68.5 cm³/mol. The lowest BCUT2D eigenvalue weighted by Gasteiger charge is -2.40. The van der Waals surface area contributed by atoms with Crippen LogP contribution in [0.25, 0.3) is 0 Å². The van der Waals surface area contributed by atoms with Gasteiger partial charge in [-0.2, -0.15) is 26.3 Å². The molecule has 0 spiro atoms. The maximum Gasteiger partial charge on any atom is 0.416 e. The van der Waals surface area contributed by atoms with E-state index in [4.69, 9.17) is 0 Å². The molecule has 0 N–H and O–H groups in total. The molecule has 0 radical (unpaired) electrons. The molecule has 9 heteroatoms. The van der Waals surface area contributed by atoms with Crippen LogP contribution in [0.3, 0.4) is 0 Å². The maximum atomic E-state index is 12.7. The zero-order chi connectivity index (χ0) is 16.5. The van der Waals surface area contributed by atoms with E-state index < -0.39 is 30.5 Å². The maximum absolute atomic E-state index is 12.7. The summed E-state index contributed by atoms with van der Waals surface area (Å²) in [6, 6.07) is 1.37. The fraction of sp³-hybridized carbons (Fsp3) is 0.615. The molecule has 1 unspecified atom stereocenters. The summed E-state index contributed by atoms with van der Waals surface area (Å²) in [4.78, 5) is 6.74. The molecule has 1 aliphatic heterocycles. The molecule has 1 saturated heterocycles. The highest BCUT2D eigenvalue weighted by Crippen LogP contribution is 2.31. The van der Waals surface area contributed by atoms with E-state index in [1.807, 2.05) is 0 Å². The summed E-state index contributed by atoms with van der Waals surface area (Å²) in [7, 11) is 0. The minimum atomic E-state index is -4.47. The Labute approximate surface area is 123 Å². The molecule has 1 aliphatic rings. The SMILES string of the molecule is CC1CN(c2cc(C(F)(F)F)ccn2)CCN1CC(F)(F)F. The van der Waals surface area contributed by atoms with Gasteiger partial charge in [0, 0.05) is 31.9 Å². The van der Waals surface area contributed by atoms with Gasteiger partial charge >= 0.3 is 12.4 Å². The summed E-state index contributed by atoms with van der Waals surface area (Å²) in [6.45, 7) is 1.13. The van der Waals surface area contributed by atoms with Crippen LogP contribution in [0, 0.1) is 0 Å². The van der Waals surface area contributed by atoms with E-state index in [-0.39, 0.29) is 25.5 Å². The normalized spacial score (nSPS) is 21.2. The summed E-state index contributed by atoms with van der Waals surface area (Å²) in [5.41, 5.74) is -0.817. The molecule has 2 heterocycles. The first-order chi connectivity index (χ1) is 10.1. The highest BCUT2D eigenvalue weighted by molar-refractivity contribution is 5.42. The molecule has 3 nitrogen and oxygen atoms in total. The minimum absolute atomic E-state index is 0.124. The number of piperazine rings is 1. The van der Waals surface area contributed by atoms with Crippen molar-refractivity contribution in [1.29, 1.82) is 0 Å². The molecule has 0 aliphatic carbocycles. The zero-order valence-corrected chi connectivity index (χ0v) is 11.7. The lowest BCUT2D eigenvalue weighted by molar-refractivity contribution is -0.151. The standard InChI is InChI=1S/C13H15F6N3/c1-9-7-21(4-5-22(9)8-12(14,15)16)11-6-10(2-3-20-11)13(17,18)19/h2-3,6,9H,4-5,7-8H2,1H3. The highest BCUT2D eigenvalue weighted by atomic mass is 19.4. The van der Waals surface area contributed by atoms with Crippen LogP contribution in [-0.4, -0.2) is 48.3 Å². The summed E-state index contributed by atoms with van der Waals surface area (Å²) < 4.78 is 75.3. The molecule has 0 aromatic carbocycles. The van der Waals surface area contributed by atoms with Gasteiger partial charge in [-0.1, -0.05) is 0 Å². The Kier molecular flexibility index (Phi) is 4.55. The van der Waals surface area contributed by atoms with Crippen molar-refractivity contribution in [2.45, 2.75) is 25.3 Å². The van der Waals surface area contributed by atoms with Crippen molar-refractivity contribution < 1.29 is 26.3 Å². The number of aromatic nitrogens is 1. The van der Waals surface area contributed by atoms with E-state index >= 15 is 0 Å². The molecular weight excluding hydrogens is 312 g/mol. The van der Waals surface area contributed by atoms with Crippen molar-refractivity contribution in [1.82, 2.24) is 9.88 Å². The van der Waals surface area contributed by atoms with Crippen molar-refractivity contribution in [2.75, 3.05) is 31.1 Å². The molecule has 0 bridgehead atoms. The summed E-state index contributed by atoms with van der Waals surface area (Å²) in [6.07, 6.45) is -7.70. The smallest absolute Gasteiger partial charge is 0.354 e. The lowest BCUT2D eigenvalue weighted by Crippen LogP contribution is -2.54. The van der Waals surface area contributed by atoms with E-state index in [1.165, 1.54) is 4.90 Å². The van der Waals surface area contributed by atoms with Crippen LogP contribution in [0.2, 0.25) is 0 Å². The van der Waals surface area contributed by atoms with Crippen molar-refractivity contribution in [2.24, 2.45) is 0 Å². The summed E-state index contributed by atoms with van der Waals surface area (Å²) in [5.74, 6) is 0.133. The number of hydrogen-bond donors (Lipinski definition) is 0. The molecule has 1 atom stereocenters. The lowest BCUT2D eigenvalue weighted by atomic mass is 10.1. The second-order valence-corrected chi connectivity index (χ2v) is 5.28. The topological polar surface area (TPSA) is 19.4 Å². The Bertz CT molecular complexity index is 513. The Morgan fingerprint density at radius 1 is 1.18 bits per heavy atom. The average Bonchev–Trinajstić information content (AvgIpc) is 2.39. The van der Waals surface area contributed by atoms with Crippen LogP contribution in [0.1, 0.15) is 12.5 Å². The van der Waals surface area contributed by atoms with Gasteiger partial charge in [-0.3, -0.25) is 4.90 Å². The van der Waals surface area contributed by atoms with Crippen molar-refractivity contribution in [3.8, 4) is 0 Å². The summed E-state index contributed by atoms with van der Waals surface area (Å²) >= 11 is 0. The van der Waals surface area contributed by atoms with Gasteiger partial charge in [0.25, 0.3) is 0 Å². The monoisotopic (exact) mass is 327 g/mol. The number of halogens is 6. The van der Waals surface area contributed by atoms with Crippen LogP contribution in [0.4, 0.5) is 32.2 Å².